The van der Waals surface area contributed by atoms with Gasteiger partial charge in [0.2, 0.25) is 0 Å². The van der Waals surface area contributed by atoms with Gasteiger partial charge in [-0.05, 0) is 26.7 Å². The van der Waals surface area contributed by atoms with Crippen molar-refractivity contribution in [1.29, 1.82) is 5.26 Å². The smallest absolute Gasteiger partial charge is 0.372 e. The minimum atomic E-state index is -4.26. The van der Waals surface area contributed by atoms with Crippen molar-refractivity contribution in [2.45, 2.75) is 32.9 Å². The second-order valence-electron chi connectivity index (χ2n) is 3.77. The average molecular weight is 209 g/mol. The van der Waals surface area contributed by atoms with Gasteiger partial charge in [0.05, 0.1) is 11.5 Å². The standard InChI is InChI=1S/C9H14F3NO/c1-8(2,6-13)4-3-5-14-7-9(10,11)12/h3-5,7H2,1-2H3. The highest BCUT2D eigenvalue weighted by Gasteiger charge is 2.27. The molecular weight excluding hydrogens is 195 g/mol. The molecule has 0 spiro atoms. The van der Waals surface area contributed by atoms with Gasteiger partial charge in [0, 0.05) is 6.61 Å². The summed E-state index contributed by atoms with van der Waals surface area (Å²) >= 11 is 0. The SMILES string of the molecule is CC(C)(C#N)CCCOCC(F)(F)F. The Morgan fingerprint density at radius 3 is 2.29 bits per heavy atom. The van der Waals surface area contributed by atoms with Crippen molar-refractivity contribution in [3.8, 4) is 6.07 Å². The van der Waals surface area contributed by atoms with Gasteiger partial charge in [-0.1, -0.05) is 0 Å². The first-order valence-electron chi connectivity index (χ1n) is 4.33. The highest BCUT2D eigenvalue weighted by Crippen LogP contribution is 2.21. The summed E-state index contributed by atoms with van der Waals surface area (Å²) in [5.41, 5.74) is -0.485. The lowest BCUT2D eigenvalue weighted by atomic mass is 9.90. The Labute approximate surface area is 81.7 Å². The van der Waals surface area contributed by atoms with Crippen LogP contribution < -0.4 is 0 Å². The third-order valence-corrected chi connectivity index (χ3v) is 1.66. The largest absolute Gasteiger partial charge is 0.411 e. The van der Waals surface area contributed by atoms with Gasteiger partial charge in [-0.2, -0.15) is 18.4 Å². The minimum absolute atomic E-state index is 0.0462. The third-order valence-electron chi connectivity index (χ3n) is 1.66. The monoisotopic (exact) mass is 209 g/mol. The Morgan fingerprint density at radius 1 is 1.29 bits per heavy atom. The zero-order valence-electron chi connectivity index (χ0n) is 8.32. The van der Waals surface area contributed by atoms with Crippen LogP contribution in [-0.2, 0) is 4.74 Å². The highest BCUT2D eigenvalue weighted by molar-refractivity contribution is 4.91. The van der Waals surface area contributed by atoms with E-state index in [0.29, 0.717) is 12.8 Å². The van der Waals surface area contributed by atoms with Crippen LogP contribution in [0.5, 0.6) is 0 Å². The van der Waals surface area contributed by atoms with Crippen LogP contribution in [0.1, 0.15) is 26.7 Å². The van der Waals surface area contributed by atoms with Crippen molar-refractivity contribution in [1.82, 2.24) is 0 Å². The second kappa shape index (κ2) is 5.20. The molecule has 2 nitrogen and oxygen atoms in total. The van der Waals surface area contributed by atoms with E-state index in [0.717, 1.165) is 0 Å². The fourth-order valence-corrected chi connectivity index (χ4v) is 0.860. The summed E-state index contributed by atoms with van der Waals surface area (Å²) in [5, 5.41) is 8.61. The number of rotatable bonds is 5. The zero-order valence-corrected chi connectivity index (χ0v) is 8.32. The molecule has 0 heterocycles. The lowest BCUT2D eigenvalue weighted by Gasteiger charge is -2.14. The molecule has 0 aromatic rings. The van der Waals surface area contributed by atoms with Crippen molar-refractivity contribution in [2.24, 2.45) is 5.41 Å². The van der Waals surface area contributed by atoms with E-state index in [2.05, 4.69) is 10.8 Å². The molecule has 0 bridgehead atoms. The number of alkyl halides is 3. The Morgan fingerprint density at radius 2 is 1.86 bits per heavy atom. The molecule has 0 aliphatic rings. The van der Waals surface area contributed by atoms with Crippen molar-refractivity contribution in [3.63, 3.8) is 0 Å². The second-order valence-corrected chi connectivity index (χ2v) is 3.77. The van der Waals surface area contributed by atoms with E-state index in [1.165, 1.54) is 0 Å². The Hall–Kier alpha value is -0.760. The Kier molecular flexibility index (Phi) is 4.92. The molecule has 0 aromatic heterocycles. The van der Waals surface area contributed by atoms with E-state index < -0.39 is 18.2 Å². The molecular formula is C9H14F3NO. The van der Waals surface area contributed by atoms with E-state index in [-0.39, 0.29) is 6.61 Å². The van der Waals surface area contributed by atoms with E-state index in [4.69, 9.17) is 5.26 Å². The predicted molar refractivity (Wildman–Crippen MR) is 45.5 cm³/mol. The number of nitrogens with zero attached hydrogens (tertiary/aromatic N) is 1. The first-order valence-corrected chi connectivity index (χ1v) is 4.33. The van der Waals surface area contributed by atoms with Gasteiger partial charge < -0.3 is 4.74 Å². The molecule has 0 radical (unpaired) electrons. The van der Waals surface area contributed by atoms with Crippen molar-refractivity contribution in [3.05, 3.63) is 0 Å². The highest BCUT2D eigenvalue weighted by atomic mass is 19.4. The lowest BCUT2D eigenvalue weighted by Crippen LogP contribution is -2.18. The van der Waals surface area contributed by atoms with Crippen LogP contribution in [0.25, 0.3) is 0 Å². The number of nitriles is 1. The summed E-state index contributed by atoms with van der Waals surface area (Å²) in [4.78, 5) is 0. The average Bonchev–Trinajstić information content (AvgIpc) is 2.01. The van der Waals surface area contributed by atoms with Crippen LogP contribution in [0.15, 0.2) is 0 Å². The molecule has 0 rings (SSSR count). The summed E-state index contributed by atoms with van der Waals surface area (Å²) in [7, 11) is 0. The predicted octanol–water partition coefficient (Wildman–Crippen LogP) is 2.90. The molecule has 0 N–H and O–H groups in total. The maximum absolute atomic E-state index is 11.6. The van der Waals surface area contributed by atoms with E-state index >= 15 is 0 Å². The molecule has 0 atom stereocenters. The maximum Gasteiger partial charge on any atom is 0.411 e. The van der Waals surface area contributed by atoms with Crippen molar-refractivity contribution >= 4 is 0 Å². The fourth-order valence-electron chi connectivity index (χ4n) is 0.860. The number of hydrogen-bond acceptors (Lipinski definition) is 2. The molecule has 0 aliphatic carbocycles. The van der Waals surface area contributed by atoms with Crippen LogP contribution in [0, 0.1) is 16.7 Å². The molecule has 82 valence electrons. The van der Waals surface area contributed by atoms with E-state index in [1.54, 1.807) is 13.8 Å². The van der Waals surface area contributed by atoms with Crippen molar-refractivity contribution < 1.29 is 17.9 Å². The molecule has 14 heavy (non-hydrogen) atoms. The zero-order chi connectivity index (χ0) is 11.2. The van der Waals surface area contributed by atoms with Gasteiger partial charge in [0.25, 0.3) is 0 Å². The topological polar surface area (TPSA) is 33.0 Å². The summed E-state index contributed by atoms with van der Waals surface area (Å²) in [6.45, 7) is 2.33. The quantitative estimate of drug-likeness (QED) is 0.652. The fraction of sp³-hybridized carbons (Fsp3) is 0.889. The van der Waals surface area contributed by atoms with E-state index in [1.807, 2.05) is 0 Å². The summed E-state index contributed by atoms with van der Waals surface area (Å²) in [6, 6.07) is 2.07. The van der Waals surface area contributed by atoms with Crippen molar-refractivity contribution in [2.75, 3.05) is 13.2 Å². The molecule has 0 fully saturated rings. The van der Waals surface area contributed by atoms with Gasteiger partial charge in [0.1, 0.15) is 6.61 Å². The van der Waals surface area contributed by atoms with Crippen LogP contribution in [0.3, 0.4) is 0 Å². The Balaban J connectivity index is 3.45. The summed E-state index contributed by atoms with van der Waals surface area (Å²) < 4.78 is 39.2. The molecule has 0 saturated carbocycles. The molecule has 0 unspecified atom stereocenters. The molecule has 0 aromatic carbocycles. The summed E-state index contributed by atoms with van der Waals surface area (Å²) in [5.74, 6) is 0. The lowest BCUT2D eigenvalue weighted by molar-refractivity contribution is -0.174. The van der Waals surface area contributed by atoms with Crippen LogP contribution in [0.2, 0.25) is 0 Å². The van der Waals surface area contributed by atoms with Crippen LogP contribution in [-0.4, -0.2) is 19.4 Å². The third kappa shape index (κ3) is 7.87. The van der Waals surface area contributed by atoms with Gasteiger partial charge in [-0.15, -0.1) is 0 Å². The normalized spacial score (nSPS) is 12.6. The first-order chi connectivity index (χ1) is 6.27. The number of hydrogen-bond donors (Lipinski definition) is 0. The number of ether oxygens (including phenoxy) is 1. The maximum atomic E-state index is 11.6. The molecule has 5 heteroatoms. The van der Waals surface area contributed by atoms with Gasteiger partial charge >= 0.3 is 6.18 Å². The van der Waals surface area contributed by atoms with Gasteiger partial charge in [-0.3, -0.25) is 0 Å². The van der Waals surface area contributed by atoms with Gasteiger partial charge in [-0.25, -0.2) is 0 Å². The van der Waals surface area contributed by atoms with Gasteiger partial charge in [0.15, 0.2) is 0 Å². The van der Waals surface area contributed by atoms with Crippen LogP contribution in [0.4, 0.5) is 13.2 Å². The molecule has 0 amide bonds. The molecule has 0 saturated heterocycles. The molecule has 0 aliphatic heterocycles. The van der Waals surface area contributed by atoms with E-state index in [9.17, 15) is 13.2 Å². The number of halogens is 3. The Bertz CT molecular complexity index is 205. The minimum Gasteiger partial charge on any atom is -0.372 e. The summed E-state index contributed by atoms with van der Waals surface area (Å²) in [6.07, 6.45) is -3.25. The van der Waals surface area contributed by atoms with Crippen LogP contribution >= 0.6 is 0 Å². The first kappa shape index (κ1) is 13.2.